The van der Waals surface area contributed by atoms with Crippen LogP contribution in [0.1, 0.15) is 23.5 Å². The molecule has 0 saturated heterocycles. The zero-order valence-electron chi connectivity index (χ0n) is 17.8. The Hall–Kier alpha value is -4.46. The second-order valence-corrected chi connectivity index (χ2v) is 7.74. The number of fused-ring (bicyclic) bond motifs is 1. The number of hydrogen-bond acceptors (Lipinski definition) is 5. The number of benzene rings is 3. The van der Waals surface area contributed by atoms with Crippen molar-refractivity contribution < 1.29 is 14.5 Å². The van der Waals surface area contributed by atoms with E-state index in [9.17, 15) is 14.9 Å². The van der Waals surface area contributed by atoms with Gasteiger partial charge in [-0.2, -0.15) is 5.10 Å². The van der Waals surface area contributed by atoms with Gasteiger partial charge in [-0.15, -0.1) is 0 Å². The van der Waals surface area contributed by atoms with Gasteiger partial charge in [0.2, 0.25) is 5.91 Å². The summed E-state index contributed by atoms with van der Waals surface area (Å²) >= 11 is 0. The summed E-state index contributed by atoms with van der Waals surface area (Å²) in [6, 6.07) is 23.6. The Morgan fingerprint density at radius 3 is 2.36 bits per heavy atom. The number of hydrogen-bond donors (Lipinski definition) is 1. The number of rotatable bonds is 5. The van der Waals surface area contributed by atoms with Gasteiger partial charge in [0.15, 0.2) is 0 Å². The minimum Gasteiger partial charge on any atom is -0.497 e. The van der Waals surface area contributed by atoms with Crippen molar-refractivity contribution in [2.75, 3.05) is 12.4 Å². The maximum atomic E-state index is 12.7. The van der Waals surface area contributed by atoms with E-state index in [1.54, 1.807) is 23.9 Å². The molecule has 1 aliphatic heterocycles. The van der Waals surface area contributed by atoms with Crippen molar-refractivity contribution in [1.82, 2.24) is 9.78 Å². The third-order valence-electron chi connectivity index (χ3n) is 5.79. The number of carbonyl (C=O) groups excluding carboxylic acids is 1. The summed E-state index contributed by atoms with van der Waals surface area (Å²) in [5, 5.41) is 18.9. The molecule has 1 aliphatic rings. The molecule has 33 heavy (non-hydrogen) atoms. The van der Waals surface area contributed by atoms with E-state index in [1.807, 2.05) is 54.6 Å². The molecule has 0 bridgehead atoms. The smallest absolute Gasteiger partial charge is 0.269 e. The number of nitro groups is 1. The fourth-order valence-corrected chi connectivity index (χ4v) is 4.18. The Morgan fingerprint density at radius 2 is 1.73 bits per heavy atom. The molecule has 4 aromatic rings. The van der Waals surface area contributed by atoms with Crippen LogP contribution >= 0.6 is 0 Å². The van der Waals surface area contributed by atoms with Crippen molar-refractivity contribution in [3.05, 3.63) is 100 Å². The van der Waals surface area contributed by atoms with Gasteiger partial charge in [-0.05, 0) is 29.8 Å². The molecule has 0 spiro atoms. The molecule has 1 N–H and O–H groups in total. The highest BCUT2D eigenvalue weighted by Gasteiger charge is 2.34. The van der Waals surface area contributed by atoms with Crippen molar-refractivity contribution >= 4 is 17.4 Å². The van der Waals surface area contributed by atoms with Gasteiger partial charge < -0.3 is 10.1 Å². The number of nitrogens with zero attached hydrogens (tertiary/aromatic N) is 3. The molecular weight excluding hydrogens is 420 g/mol. The third kappa shape index (κ3) is 3.71. The van der Waals surface area contributed by atoms with Gasteiger partial charge in [0.1, 0.15) is 11.6 Å². The molecule has 164 valence electrons. The van der Waals surface area contributed by atoms with E-state index in [4.69, 9.17) is 9.84 Å². The zero-order chi connectivity index (χ0) is 22.9. The minimum absolute atomic E-state index is 0.0109. The van der Waals surface area contributed by atoms with Crippen LogP contribution in [0.2, 0.25) is 0 Å². The van der Waals surface area contributed by atoms with Gasteiger partial charge in [-0.3, -0.25) is 14.9 Å². The lowest BCUT2D eigenvalue weighted by atomic mass is 9.84. The number of aromatic nitrogens is 2. The fraction of sp³-hybridized carbons (Fsp3) is 0.120. The quantitative estimate of drug-likeness (QED) is 0.350. The van der Waals surface area contributed by atoms with E-state index in [-0.39, 0.29) is 23.9 Å². The van der Waals surface area contributed by atoms with E-state index in [0.717, 1.165) is 28.1 Å². The first-order valence-corrected chi connectivity index (χ1v) is 10.4. The molecule has 0 fully saturated rings. The number of methoxy groups -OCH3 is 1. The van der Waals surface area contributed by atoms with Crippen molar-refractivity contribution in [3.63, 3.8) is 0 Å². The van der Waals surface area contributed by atoms with Gasteiger partial charge >= 0.3 is 0 Å². The van der Waals surface area contributed by atoms with Crippen LogP contribution in [0, 0.1) is 10.1 Å². The number of ether oxygens (including phenoxy) is 1. The van der Waals surface area contributed by atoms with Crippen LogP contribution in [-0.2, 0) is 4.79 Å². The number of anilines is 1. The van der Waals surface area contributed by atoms with Crippen molar-refractivity contribution in [2.45, 2.75) is 12.3 Å². The van der Waals surface area contributed by atoms with Gasteiger partial charge in [0, 0.05) is 35.6 Å². The molecule has 1 unspecified atom stereocenters. The van der Waals surface area contributed by atoms with E-state index in [1.165, 1.54) is 12.1 Å². The molecule has 0 aliphatic carbocycles. The molecule has 0 radical (unpaired) electrons. The van der Waals surface area contributed by atoms with Gasteiger partial charge in [0.25, 0.3) is 5.69 Å². The molecule has 8 heteroatoms. The number of nitrogens with one attached hydrogen (secondary N) is 1. The highest BCUT2D eigenvalue weighted by Crippen LogP contribution is 2.44. The molecule has 8 nitrogen and oxygen atoms in total. The lowest BCUT2D eigenvalue weighted by Crippen LogP contribution is -2.24. The van der Waals surface area contributed by atoms with Crippen LogP contribution in [-0.4, -0.2) is 27.7 Å². The van der Waals surface area contributed by atoms with Crippen LogP contribution in [0.5, 0.6) is 5.75 Å². The molecule has 1 aromatic heterocycles. The highest BCUT2D eigenvalue weighted by atomic mass is 16.6. The van der Waals surface area contributed by atoms with E-state index >= 15 is 0 Å². The van der Waals surface area contributed by atoms with E-state index in [2.05, 4.69) is 5.32 Å². The summed E-state index contributed by atoms with van der Waals surface area (Å²) in [7, 11) is 1.61. The summed E-state index contributed by atoms with van der Waals surface area (Å²) in [6.45, 7) is 0. The van der Waals surface area contributed by atoms with Crippen LogP contribution in [0.15, 0.2) is 78.9 Å². The Kier molecular flexibility index (Phi) is 5.10. The molecule has 2 heterocycles. The van der Waals surface area contributed by atoms with Crippen LogP contribution in [0.25, 0.3) is 16.9 Å². The molecule has 0 saturated carbocycles. The molecular formula is C25H20N4O4. The van der Waals surface area contributed by atoms with E-state index < -0.39 is 4.92 Å². The zero-order valence-corrected chi connectivity index (χ0v) is 17.8. The minimum atomic E-state index is -0.445. The second kappa shape index (κ2) is 8.23. The standard InChI is InChI=1S/C25H20N4O4/c1-33-20-13-7-16(8-14-20)21-15-22(30)26-25-23(21)24(17-5-3-2-4-6-17)27-28(25)18-9-11-19(12-10-18)29(31)32/h2-14,21H,15H2,1H3,(H,26,30). The largest absolute Gasteiger partial charge is 0.497 e. The first-order chi connectivity index (χ1) is 16.0. The number of non-ortho nitro benzene ring substituents is 1. The third-order valence-corrected chi connectivity index (χ3v) is 5.79. The maximum Gasteiger partial charge on any atom is 0.269 e. The Morgan fingerprint density at radius 1 is 1.03 bits per heavy atom. The van der Waals surface area contributed by atoms with Crippen LogP contribution < -0.4 is 10.1 Å². The molecule has 3 aromatic carbocycles. The SMILES string of the molecule is COc1ccc(C2CC(=O)Nc3c2c(-c2ccccc2)nn3-c2ccc([N+](=O)[O-])cc2)cc1. The Labute approximate surface area is 189 Å². The number of amides is 1. The lowest BCUT2D eigenvalue weighted by molar-refractivity contribution is -0.384. The molecule has 5 rings (SSSR count). The Bertz CT molecular complexity index is 1330. The van der Waals surface area contributed by atoms with Crippen molar-refractivity contribution in [3.8, 4) is 22.7 Å². The van der Waals surface area contributed by atoms with Crippen LogP contribution in [0.4, 0.5) is 11.5 Å². The second-order valence-electron chi connectivity index (χ2n) is 7.74. The topological polar surface area (TPSA) is 99.3 Å². The van der Waals surface area contributed by atoms with Gasteiger partial charge in [-0.1, -0.05) is 42.5 Å². The lowest BCUT2D eigenvalue weighted by Gasteiger charge is -2.25. The summed E-state index contributed by atoms with van der Waals surface area (Å²) in [4.78, 5) is 23.4. The summed E-state index contributed by atoms with van der Waals surface area (Å²) < 4.78 is 6.93. The fourth-order valence-electron chi connectivity index (χ4n) is 4.18. The van der Waals surface area contributed by atoms with E-state index in [0.29, 0.717) is 11.5 Å². The van der Waals surface area contributed by atoms with Crippen LogP contribution in [0.3, 0.4) is 0 Å². The first-order valence-electron chi connectivity index (χ1n) is 10.4. The highest BCUT2D eigenvalue weighted by molar-refractivity contribution is 5.96. The average molecular weight is 440 g/mol. The predicted octanol–water partition coefficient (Wildman–Crippen LogP) is 4.93. The number of nitro benzene ring substituents is 1. The van der Waals surface area contributed by atoms with Crippen molar-refractivity contribution in [1.29, 1.82) is 0 Å². The maximum absolute atomic E-state index is 12.7. The molecule has 1 amide bonds. The summed E-state index contributed by atoms with van der Waals surface area (Å²) in [5.41, 5.74) is 4.17. The summed E-state index contributed by atoms with van der Waals surface area (Å²) in [6.07, 6.45) is 0.283. The average Bonchev–Trinajstić information content (AvgIpc) is 3.23. The van der Waals surface area contributed by atoms with Gasteiger partial charge in [0.05, 0.1) is 23.4 Å². The Balaban J connectivity index is 1.71. The normalized spacial score (nSPS) is 14.9. The monoisotopic (exact) mass is 440 g/mol. The number of carbonyl (C=O) groups is 1. The van der Waals surface area contributed by atoms with Crippen molar-refractivity contribution in [2.24, 2.45) is 0 Å². The first kappa shape index (κ1) is 20.4. The van der Waals surface area contributed by atoms with Gasteiger partial charge in [-0.25, -0.2) is 4.68 Å². The predicted molar refractivity (Wildman–Crippen MR) is 124 cm³/mol. The summed E-state index contributed by atoms with van der Waals surface area (Å²) in [5.74, 6) is 0.983. The molecule has 1 atom stereocenters.